The quantitative estimate of drug-likeness (QED) is 0.103. The first-order valence-corrected chi connectivity index (χ1v) is 9.95. The molecule has 172 valence electrons. The van der Waals surface area contributed by atoms with Gasteiger partial charge in [-0.3, -0.25) is 14.4 Å². The van der Waals surface area contributed by atoms with E-state index in [4.69, 9.17) is 24.5 Å². The fourth-order valence-corrected chi connectivity index (χ4v) is 4.01. The van der Waals surface area contributed by atoms with Crippen LogP contribution in [-0.4, -0.2) is 64.2 Å². The highest BCUT2D eigenvalue weighted by atomic mass is 32.2. The smallest absolute Gasteiger partial charge is 0.364 e. The summed E-state index contributed by atoms with van der Waals surface area (Å²) in [5.74, 6) is -2.52. The molecule has 0 aromatic carbocycles. The summed E-state index contributed by atoms with van der Waals surface area (Å²) in [7, 11) is 0. The molecule has 15 heteroatoms. The van der Waals surface area contributed by atoms with Crippen LogP contribution in [0.1, 0.15) is 20.8 Å². The molecular formula is C17H19N5O9S. The van der Waals surface area contributed by atoms with Crippen molar-refractivity contribution in [2.75, 3.05) is 6.61 Å². The SMILES string of the molecule is CC(=O)OC[C@H]1O[C@H](Sc2ccnc([N+](=O)[O-])c2)[C@H](OC(C)=O)[C@@H](N=[N+]=[N-])[C@H]1OC(C)=O. The lowest BCUT2D eigenvalue weighted by molar-refractivity contribution is -0.389. The largest absolute Gasteiger partial charge is 0.463 e. The third-order valence-corrected chi connectivity index (χ3v) is 5.15. The lowest BCUT2D eigenvalue weighted by Crippen LogP contribution is -2.59. The first-order valence-electron chi connectivity index (χ1n) is 9.07. The highest BCUT2D eigenvalue weighted by Gasteiger charge is 2.50. The number of thioether (sulfide) groups is 1. The Morgan fingerprint density at radius 2 is 1.91 bits per heavy atom. The summed E-state index contributed by atoms with van der Waals surface area (Å²) in [5, 5.41) is 14.7. The van der Waals surface area contributed by atoms with Crippen LogP contribution in [0.4, 0.5) is 5.82 Å². The van der Waals surface area contributed by atoms with Crippen molar-refractivity contribution in [2.24, 2.45) is 5.11 Å². The fourth-order valence-electron chi connectivity index (χ4n) is 2.88. The molecule has 0 unspecified atom stereocenters. The Morgan fingerprint density at radius 1 is 1.25 bits per heavy atom. The highest BCUT2D eigenvalue weighted by Crippen LogP contribution is 2.38. The molecule has 1 aromatic heterocycles. The Labute approximate surface area is 185 Å². The fraction of sp³-hybridized carbons (Fsp3) is 0.529. The molecule has 2 heterocycles. The van der Waals surface area contributed by atoms with Crippen LogP contribution in [0.5, 0.6) is 0 Å². The minimum atomic E-state index is -1.24. The average Bonchev–Trinajstić information content (AvgIpc) is 2.70. The van der Waals surface area contributed by atoms with Gasteiger partial charge in [-0.05, 0) is 21.5 Å². The summed E-state index contributed by atoms with van der Waals surface area (Å²) in [6, 6.07) is 1.41. The summed E-state index contributed by atoms with van der Waals surface area (Å²) in [4.78, 5) is 51.7. The second kappa shape index (κ2) is 11.3. The van der Waals surface area contributed by atoms with E-state index in [1.54, 1.807) is 0 Å². The minimum absolute atomic E-state index is 0.339. The number of ether oxygens (including phenoxy) is 4. The molecule has 1 aliphatic heterocycles. The van der Waals surface area contributed by atoms with Crippen molar-refractivity contribution < 1.29 is 38.3 Å². The highest BCUT2D eigenvalue weighted by molar-refractivity contribution is 7.99. The Hall–Kier alpha value is -3.42. The van der Waals surface area contributed by atoms with Gasteiger partial charge in [0.25, 0.3) is 0 Å². The molecule has 2 rings (SSSR count). The molecule has 0 aliphatic carbocycles. The van der Waals surface area contributed by atoms with Gasteiger partial charge in [0.1, 0.15) is 42.6 Å². The number of rotatable bonds is 8. The minimum Gasteiger partial charge on any atom is -0.463 e. The Kier molecular flexibility index (Phi) is 8.75. The van der Waals surface area contributed by atoms with Gasteiger partial charge in [-0.25, -0.2) is 0 Å². The average molecular weight is 469 g/mol. The summed E-state index contributed by atoms with van der Waals surface area (Å²) >= 11 is 0.927. The van der Waals surface area contributed by atoms with Crippen LogP contribution in [0.15, 0.2) is 28.3 Å². The summed E-state index contributed by atoms with van der Waals surface area (Å²) in [6.07, 6.45) is -2.35. The van der Waals surface area contributed by atoms with Crippen LogP contribution in [-0.2, 0) is 33.3 Å². The van der Waals surface area contributed by atoms with Crippen LogP contribution in [0.25, 0.3) is 10.4 Å². The number of pyridine rings is 1. The molecule has 1 fully saturated rings. The molecule has 0 saturated carbocycles. The predicted octanol–water partition coefficient (Wildman–Crippen LogP) is 1.91. The number of aromatic nitrogens is 1. The van der Waals surface area contributed by atoms with Gasteiger partial charge in [0.05, 0.1) is 0 Å². The lowest BCUT2D eigenvalue weighted by Gasteiger charge is -2.43. The number of carbonyl (C=O) groups excluding carboxylic acids is 3. The van der Waals surface area contributed by atoms with Crippen molar-refractivity contribution in [3.63, 3.8) is 0 Å². The summed E-state index contributed by atoms with van der Waals surface area (Å²) in [5.41, 5.74) is 8.00. The molecule has 0 bridgehead atoms. The number of carbonyl (C=O) groups is 3. The van der Waals surface area contributed by atoms with E-state index in [2.05, 4.69) is 15.0 Å². The van der Waals surface area contributed by atoms with Crippen molar-refractivity contribution in [2.45, 2.75) is 55.5 Å². The van der Waals surface area contributed by atoms with E-state index >= 15 is 0 Å². The van der Waals surface area contributed by atoms with Gasteiger partial charge in [-0.1, -0.05) is 16.9 Å². The van der Waals surface area contributed by atoms with E-state index in [0.29, 0.717) is 4.90 Å². The standard InChI is InChI=1S/C17H19N5O9S/c1-8(23)28-7-12-15(29-9(2)24)14(20-21-18)16(30-10(3)25)17(31-12)32-11-4-5-19-13(6-11)22(26)27/h4-6,12,14-17H,7H2,1-3H3/t12-,14+,15+,16-,17-/m1/s1. The first-order chi connectivity index (χ1) is 15.1. The van der Waals surface area contributed by atoms with E-state index in [9.17, 15) is 24.5 Å². The first kappa shape index (κ1) is 24.8. The zero-order valence-corrected chi connectivity index (χ0v) is 18.0. The van der Waals surface area contributed by atoms with E-state index in [1.807, 2.05) is 0 Å². The number of nitro groups is 1. The molecular weight excluding hydrogens is 450 g/mol. The lowest BCUT2D eigenvalue weighted by atomic mass is 9.97. The second-order valence-corrected chi connectivity index (χ2v) is 7.59. The number of azide groups is 1. The van der Waals surface area contributed by atoms with Gasteiger partial charge in [-0.15, -0.1) is 0 Å². The number of hydrogen-bond donors (Lipinski definition) is 0. The normalized spacial score (nSPS) is 24.5. The predicted molar refractivity (Wildman–Crippen MR) is 106 cm³/mol. The van der Waals surface area contributed by atoms with Crippen LogP contribution in [0.3, 0.4) is 0 Å². The monoisotopic (exact) mass is 469 g/mol. The molecule has 14 nitrogen and oxygen atoms in total. The van der Waals surface area contributed by atoms with Gasteiger partial charge in [-0.2, -0.15) is 0 Å². The van der Waals surface area contributed by atoms with Gasteiger partial charge >= 0.3 is 23.7 Å². The Morgan fingerprint density at radius 3 is 2.47 bits per heavy atom. The van der Waals surface area contributed by atoms with Crippen LogP contribution < -0.4 is 0 Å². The van der Waals surface area contributed by atoms with Gasteiger partial charge in [0.15, 0.2) is 0 Å². The zero-order valence-electron chi connectivity index (χ0n) is 17.1. The van der Waals surface area contributed by atoms with E-state index < -0.39 is 58.4 Å². The van der Waals surface area contributed by atoms with Gasteiger partial charge in [0.2, 0.25) is 0 Å². The Balaban J connectivity index is 2.46. The van der Waals surface area contributed by atoms with Crippen molar-refractivity contribution in [1.29, 1.82) is 0 Å². The molecule has 32 heavy (non-hydrogen) atoms. The van der Waals surface area contributed by atoms with E-state index in [0.717, 1.165) is 25.6 Å². The maximum Gasteiger partial charge on any atom is 0.364 e. The van der Waals surface area contributed by atoms with Crippen molar-refractivity contribution in [3.8, 4) is 0 Å². The van der Waals surface area contributed by atoms with E-state index in [-0.39, 0.29) is 6.61 Å². The molecule has 0 amide bonds. The molecule has 0 spiro atoms. The topological polar surface area (TPSA) is 193 Å². The third-order valence-electron chi connectivity index (χ3n) is 4.01. The number of nitrogens with zero attached hydrogens (tertiary/aromatic N) is 5. The number of esters is 3. The summed E-state index contributed by atoms with van der Waals surface area (Å²) < 4.78 is 21.4. The van der Waals surface area contributed by atoms with Gasteiger partial charge in [0, 0.05) is 36.6 Å². The summed E-state index contributed by atoms with van der Waals surface area (Å²) in [6.45, 7) is 3.05. The molecule has 0 N–H and O–H groups in total. The molecule has 1 saturated heterocycles. The second-order valence-electron chi connectivity index (χ2n) is 6.41. The third kappa shape index (κ3) is 6.80. The van der Waals surface area contributed by atoms with Crippen molar-refractivity contribution in [3.05, 3.63) is 38.9 Å². The maximum absolute atomic E-state index is 11.7. The van der Waals surface area contributed by atoms with Crippen LogP contribution >= 0.6 is 11.8 Å². The van der Waals surface area contributed by atoms with E-state index in [1.165, 1.54) is 25.3 Å². The number of hydrogen-bond acceptors (Lipinski definition) is 12. The van der Waals surface area contributed by atoms with Crippen LogP contribution in [0, 0.1) is 10.1 Å². The van der Waals surface area contributed by atoms with Gasteiger partial charge < -0.3 is 29.1 Å². The molecule has 5 atom stereocenters. The zero-order chi connectivity index (χ0) is 23.8. The molecule has 1 aliphatic rings. The van der Waals surface area contributed by atoms with Crippen LogP contribution in [0.2, 0.25) is 0 Å². The molecule has 1 aromatic rings. The molecule has 0 radical (unpaired) electrons. The van der Waals surface area contributed by atoms with Crippen molar-refractivity contribution in [1.82, 2.24) is 4.98 Å². The van der Waals surface area contributed by atoms with Crippen molar-refractivity contribution >= 4 is 35.5 Å². The maximum atomic E-state index is 11.7. The Bertz CT molecular complexity index is 939.